The van der Waals surface area contributed by atoms with Crippen molar-refractivity contribution in [3.63, 3.8) is 0 Å². The quantitative estimate of drug-likeness (QED) is 0.123. The number of allylic oxidation sites excluding steroid dienone is 5. The Balaban J connectivity index is 1.95. The van der Waals surface area contributed by atoms with Gasteiger partial charge in [0.1, 0.15) is 5.75 Å². The number of hydrogen-bond acceptors (Lipinski definition) is 6. The van der Waals surface area contributed by atoms with Crippen LogP contribution in [0.15, 0.2) is 71.3 Å². The topological polar surface area (TPSA) is 114 Å². The molecule has 0 aliphatic heterocycles. The van der Waals surface area contributed by atoms with Crippen LogP contribution in [-0.2, 0) is 14.8 Å². The number of aliphatic imine (C=N–C) groups is 1. The zero-order valence-corrected chi connectivity index (χ0v) is 26.6. The number of aryl methyl sites for hydroxylation is 3. The highest BCUT2D eigenvalue weighted by molar-refractivity contribution is 7.89. The molecule has 1 amide bonds. The van der Waals surface area contributed by atoms with Crippen LogP contribution in [0.1, 0.15) is 72.1 Å². The van der Waals surface area contributed by atoms with E-state index in [9.17, 15) is 18.0 Å². The molecule has 1 aliphatic carbocycles. The van der Waals surface area contributed by atoms with Gasteiger partial charge in [0.05, 0.1) is 17.0 Å². The minimum absolute atomic E-state index is 0.0275. The number of nitrogens with zero attached hydrogens (tertiary/aromatic N) is 1. The van der Waals surface area contributed by atoms with Gasteiger partial charge < -0.3 is 10.1 Å². The first-order valence-electron chi connectivity index (χ1n) is 14.9. The summed E-state index contributed by atoms with van der Waals surface area (Å²) < 4.78 is 33.0. The van der Waals surface area contributed by atoms with E-state index in [0.717, 1.165) is 24.8 Å². The van der Waals surface area contributed by atoms with Gasteiger partial charge in [-0.25, -0.2) is 17.9 Å². The van der Waals surface area contributed by atoms with Crippen LogP contribution in [0.4, 0.5) is 0 Å². The van der Waals surface area contributed by atoms with Gasteiger partial charge in [-0.15, -0.1) is 0 Å². The Kier molecular flexibility index (Phi) is 12.6. The van der Waals surface area contributed by atoms with Gasteiger partial charge in [-0.1, -0.05) is 62.8 Å². The first kappa shape index (κ1) is 33.7. The number of hydrogen-bond donors (Lipinski definition) is 2. The molecule has 0 heterocycles. The smallest absolute Gasteiger partial charge is 0.344 e. The maximum atomic E-state index is 14.0. The Morgan fingerprint density at radius 3 is 2.26 bits per heavy atom. The zero-order valence-electron chi connectivity index (χ0n) is 25.8. The molecule has 0 atom stereocenters. The van der Waals surface area contributed by atoms with Gasteiger partial charge in [-0.3, -0.25) is 9.79 Å². The third-order valence-corrected chi connectivity index (χ3v) is 8.42. The van der Waals surface area contributed by atoms with E-state index >= 15 is 0 Å². The number of carbonyl (C=O) groups is 2. The fraction of sp³-hybridized carbons (Fsp3) is 0.382. The minimum Gasteiger partial charge on any atom is -0.422 e. The van der Waals surface area contributed by atoms with Crippen LogP contribution in [0.25, 0.3) is 5.57 Å². The summed E-state index contributed by atoms with van der Waals surface area (Å²) in [6.07, 6.45) is 10.3. The molecule has 1 aliphatic rings. The summed E-state index contributed by atoms with van der Waals surface area (Å²) in [7, 11) is -3.36. The molecule has 0 spiro atoms. The lowest BCUT2D eigenvalue weighted by Crippen LogP contribution is -2.27. The number of amides is 1. The highest BCUT2D eigenvalue weighted by Crippen LogP contribution is 2.31. The van der Waals surface area contributed by atoms with Gasteiger partial charge in [-0.2, -0.15) is 0 Å². The Bertz CT molecular complexity index is 1530. The Hall–Kier alpha value is -3.82. The van der Waals surface area contributed by atoms with Gasteiger partial charge in [0.15, 0.2) is 0 Å². The summed E-state index contributed by atoms with van der Waals surface area (Å²) in [6.45, 7) is 10.8. The standard InChI is InChI=1S/C34H43N3O5S/c1-6-8-19-36-33(38)27-22-25(4)32(26(5)23-27)42-34(39)31(28-15-10-9-14-24(28)3)29-16-11-12-17-30(29)35-20-13-21-43(40,41)37-18-7-2/h9-12,14-17,22-23,37H,6-8,13,18-21H2,1-5H3,(H,36,38)/b31-29+,35-30?. The second-order valence-electron chi connectivity index (χ2n) is 10.6. The molecule has 3 rings (SSSR count). The van der Waals surface area contributed by atoms with Gasteiger partial charge in [0.25, 0.3) is 5.91 Å². The first-order chi connectivity index (χ1) is 20.6. The highest BCUT2D eigenvalue weighted by Gasteiger charge is 2.25. The molecule has 0 unspecified atom stereocenters. The van der Waals surface area contributed by atoms with Crippen LogP contribution in [0.3, 0.4) is 0 Å². The van der Waals surface area contributed by atoms with Gasteiger partial charge in [0.2, 0.25) is 10.0 Å². The van der Waals surface area contributed by atoms with Crippen molar-refractivity contribution >= 4 is 33.2 Å². The molecule has 0 saturated carbocycles. The SMILES string of the molecule is CCCCNC(=O)c1cc(C)c(OC(=O)/C(=C2\C=CC=CC2=NCCCS(=O)(=O)NCCC)c2ccccc2C)c(C)c1. The van der Waals surface area contributed by atoms with Crippen molar-refractivity contribution in [2.45, 2.75) is 60.3 Å². The van der Waals surface area contributed by atoms with Gasteiger partial charge in [0, 0.05) is 30.8 Å². The summed E-state index contributed by atoms with van der Waals surface area (Å²) in [6, 6.07) is 11.0. The van der Waals surface area contributed by atoms with Crippen LogP contribution < -0.4 is 14.8 Å². The number of carbonyl (C=O) groups excluding carboxylic acids is 2. The largest absolute Gasteiger partial charge is 0.422 e. The molecule has 0 saturated heterocycles. The van der Waals surface area contributed by atoms with Crippen molar-refractivity contribution in [1.29, 1.82) is 0 Å². The predicted molar refractivity (Wildman–Crippen MR) is 174 cm³/mol. The number of nitrogens with one attached hydrogen (secondary N) is 2. The van der Waals surface area contributed by atoms with E-state index in [1.165, 1.54) is 0 Å². The normalized spacial score (nSPS) is 15.0. The molecule has 0 fully saturated rings. The Morgan fingerprint density at radius 1 is 0.884 bits per heavy atom. The molecule has 8 nitrogen and oxygen atoms in total. The Labute approximate surface area is 256 Å². The van der Waals surface area contributed by atoms with Crippen LogP contribution in [0, 0.1) is 20.8 Å². The van der Waals surface area contributed by atoms with Gasteiger partial charge in [-0.05, 0) is 80.5 Å². The summed E-state index contributed by atoms with van der Waals surface area (Å²) in [5, 5.41) is 2.93. The van der Waals surface area contributed by atoms with E-state index in [-0.39, 0.29) is 18.2 Å². The van der Waals surface area contributed by atoms with Crippen molar-refractivity contribution in [2.75, 3.05) is 25.4 Å². The highest BCUT2D eigenvalue weighted by atomic mass is 32.2. The number of ether oxygens (including phenoxy) is 1. The van der Waals surface area contributed by atoms with Crippen molar-refractivity contribution in [1.82, 2.24) is 10.0 Å². The molecular formula is C34H43N3O5S. The lowest BCUT2D eigenvalue weighted by atomic mass is 9.91. The van der Waals surface area contributed by atoms with E-state index in [4.69, 9.17) is 4.74 Å². The molecule has 0 aromatic heterocycles. The third kappa shape index (κ3) is 9.59. The zero-order chi connectivity index (χ0) is 31.4. The molecule has 0 bridgehead atoms. The number of benzene rings is 2. The number of unbranched alkanes of at least 4 members (excludes halogenated alkanes) is 1. The summed E-state index contributed by atoms with van der Waals surface area (Å²) in [4.78, 5) is 31.3. The van der Waals surface area contributed by atoms with Crippen LogP contribution in [0.2, 0.25) is 0 Å². The number of sulfonamides is 1. The predicted octanol–water partition coefficient (Wildman–Crippen LogP) is 5.79. The van der Waals surface area contributed by atoms with E-state index in [1.807, 2.05) is 76.3 Å². The maximum absolute atomic E-state index is 14.0. The van der Waals surface area contributed by atoms with Crippen LogP contribution in [0.5, 0.6) is 5.75 Å². The molecule has 9 heteroatoms. The molecule has 43 heavy (non-hydrogen) atoms. The molecule has 2 aromatic rings. The van der Waals surface area contributed by atoms with E-state index in [1.54, 1.807) is 12.1 Å². The fourth-order valence-electron chi connectivity index (χ4n) is 4.69. The number of esters is 1. The Morgan fingerprint density at radius 2 is 1.58 bits per heavy atom. The molecular weight excluding hydrogens is 562 g/mol. The molecule has 2 N–H and O–H groups in total. The van der Waals surface area contributed by atoms with Crippen molar-refractivity contribution in [3.05, 3.63) is 94.1 Å². The van der Waals surface area contributed by atoms with Crippen molar-refractivity contribution < 1.29 is 22.7 Å². The summed E-state index contributed by atoms with van der Waals surface area (Å²) in [5.41, 5.74) is 5.00. The lowest BCUT2D eigenvalue weighted by Gasteiger charge is -2.18. The number of rotatable bonds is 14. The maximum Gasteiger partial charge on any atom is 0.344 e. The second-order valence-corrected chi connectivity index (χ2v) is 12.5. The molecule has 2 aromatic carbocycles. The molecule has 230 valence electrons. The summed E-state index contributed by atoms with van der Waals surface area (Å²) in [5.74, 6) is -0.329. The average Bonchev–Trinajstić information content (AvgIpc) is 2.98. The minimum atomic E-state index is -3.36. The first-order valence-corrected chi connectivity index (χ1v) is 16.5. The van der Waals surface area contributed by atoms with Crippen molar-refractivity contribution in [3.8, 4) is 5.75 Å². The van der Waals surface area contributed by atoms with Crippen LogP contribution >= 0.6 is 0 Å². The van der Waals surface area contributed by atoms with Crippen LogP contribution in [-0.4, -0.2) is 51.4 Å². The van der Waals surface area contributed by atoms with Crippen molar-refractivity contribution in [2.24, 2.45) is 4.99 Å². The second kappa shape index (κ2) is 16.1. The van der Waals surface area contributed by atoms with E-state index in [2.05, 4.69) is 22.0 Å². The van der Waals surface area contributed by atoms with Gasteiger partial charge >= 0.3 is 5.97 Å². The molecule has 0 radical (unpaired) electrons. The van der Waals surface area contributed by atoms with E-state index in [0.29, 0.717) is 64.4 Å². The monoisotopic (exact) mass is 605 g/mol. The van der Waals surface area contributed by atoms with E-state index < -0.39 is 16.0 Å². The lowest BCUT2D eigenvalue weighted by molar-refractivity contribution is -0.128. The third-order valence-electron chi connectivity index (χ3n) is 6.95. The average molecular weight is 606 g/mol. The fourth-order valence-corrected chi connectivity index (χ4v) is 5.86. The summed E-state index contributed by atoms with van der Waals surface area (Å²) >= 11 is 0.